The molecule has 0 aliphatic heterocycles. The van der Waals surface area contributed by atoms with Crippen molar-refractivity contribution in [2.45, 2.75) is 46.6 Å². The molecule has 0 radical (unpaired) electrons. The van der Waals surface area contributed by atoms with Crippen LogP contribution in [0.25, 0.3) is 0 Å². The van der Waals surface area contributed by atoms with Crippen LogP contribution in [0.5, 0.6) is 0 Å². The number of ether oxygens (including phenoxy) is 1. The Morgan fingerprint density at radius 3 is 2.31 bits per heavy atom. The van der Waals surface area contributed by atoms with Crippen molar-refractivity contribution >= 4 is 0 Å². The number of hydrogen-bond donors (Lipinski definition) is 1. The van der Waals surface area contributed by atoms with E-state index < -0.39 is 0 Å². The maximum absolute atomic E-state index is 5.00. The van der Waals surface area contributed by atoms with Gasteiger partial charge in [0.2, 0.25) is 0 Å². The van der Waals surface area contributed by atoms with Gasteiger partial charge >= 0.3 is 0 Å². The topological polar surface area (TPSA) is 21.3 Å². The summed E-state index contributed by atoms with van der Waals surface area (Å²) in [6.07, 6.45) is 2.42. The fraction of sp³-hybridized carbons (Fsp3) is 1.00. The summed E-state index contributed by atoms with van der Waals surface area (Å²) in [6.45, 7) is 10.9. The van der Waals surface area contributed by atoms with Crippen molar-refractivity contribution in [3.05, 3.63) is 0 Å². The molecular formula is C11H25NO. The van der Waals surface area contributed by atoms with E-state index in [1.807, 2.05) is 0 Å². The van der Waals surface area contributed by atoms with Crippen LogP contribution in [-0.4, -0.2) is 26.3 Å². The number of nitrogens with one attached hydrogen (secondary N) is 1. The third kappa shape index (κ3) is 8.26. The van der Waals surface area contributed by atoms with Crippen molar-refractivity contribution in [3.63, 3.8) is 0 Å². The molecule has 0 aromatic carbocycles. The monoisotopic (exact) mass is 187 g/mol. The number of hydrogen-bond acceptors (Lipinski definition) is 2. The molecule has 1 atom stereocenters. The summed E-state index contributed by atoms with van der Waals surface area (Å²) in [4.78, 5) is 0. The SMILES string of the molecule is CC[C@@H](CC(C)(C)C)NCCOC. The van der Waals surface area contributed by atoms with Gasteiger partial charge in [0.05, 0.1) is 6.61 Å². The minimum Gasteiger partial charge on any atom is -0.383 e. The molecule has 2 heteroatoms. The first-order chi connectivity index (χ1) is 5.99. The highest BCUT2D eigenvalue weighted by atomic mass is 16.5. The molecule has 0 aromatic heterocycles. The predicted octanol–water partition coefficient (Wildman–Crippen LogP) is 2.44. The van der Waals surface area contributed by atoms with Gasteiger partial charge in [-0.1, -0.05) is 27.7 Å². The standard InChI is InChI=1S/C11H25NO/c1-6-10(9-11(2,3)4)12-7-8-13-5/h10,12H,6-9H2,1-5H3/t10-/m0/s1. The molecule has 0 amide bonds. The van der Waals surface area contributed by atoms with E-state index in [4.69, 9.17) is 4.74 Å². The van der Waals surface area contributed by atoms with Gasteiger partial charge in [-0.2, -0.15) is 0 Å². The molecule has 1 N–H and O–H groups in total. The first kappa shape index (κ1) is 12.9. The Morgan fingerprint density at radius 1 is 1.31 bits per heavy atom. The molecule has 0 bridgehead atoms. The molecule has 0 saturated carbocycles. The van der Waals surface area contributed by atoms with E-state index in [9.17, 15) is 0 Å². The van der Waals surface area contributed by atoms with E-state index >= 15 is 0 Å². The van der Waals surface area contributed by atoms with Crippen LogP contribution in [0, 0.1) is 5.41 Å². The molecule has 0 unspecified atom stereocenters. The first-order valence-corrected chi connectivity index (χ1v) is 5.22. The van der Waals surface area contributed by atoms with Crippen molar-refractivity contribution in [1.82, 2.24) is 5.32 Å². The lowest BCUT2D eigenvalue weighted by Crippen LogP contribution is -2.34. The Hall–Kier alpha value is -0.0800. The van der Waals surface area contributed by atoms with Crippen LogP contribution in [0.3, 0.4) is 0 Å². The summed E-state index contributed by atoms with van der Waals surface area (Å²) in [6, 6.07) is 0.634. The molecule has 0 heterocycles. The minimum atomic E-state index is 0.417. The van der Waals surface area contributed by atoms with Gasteiger partial charge in [0.15, 0.2) is 0 Å². The third-order valence-corrected chi connectivity index (χ3v) is 2.09. The van der Waals surface area contributed by atoms with Crippen LogP contribution in [0.2, 0.25) is 0 Å². The summed E-state index contributed by atoms with van der Waals surface area (Å²) in [5, 5.41) is 3.50. The zero-order chi connectivity index (χ0) is 10.3. The van der Waals surface area contributed by atoms with E-state index in [1.54, 1.807) is 7.11 Å². The van der Waals surface area contributed by atoms with E-state index in [-0.39, 0.29) is 0 Å². The van der Waals surface area contributed by atoms with Crippen LogP contribution >= 0.6 is 0 Å². The van der Waals surface area contributed by atoms with Gasteiger partial charge < -0.3 is 10.1 Å². The maximum atomic E-state index is 5.00. The van der Waals surface area contributed by atoms with Crippen molar-refractivity contribution in [2.24, 2.45) is 5.41 Å². The molecule has 0 aliphatic carbocycles. The Balaban J connectivity index is 3.63. The van der Waals surface area contributed by atoms with Crippen molar-refractivity contribution < 1.29 is 4.74 Å². The first-order valence-electron chi connectivity index (χ1n) is 5.22. The molecule has 0 rings (SSSR count). The van der Waals surface area contributed by atoms with Gasteiger partial charge in [-0.3, -0.25) is 0 Å². The lowest BCUT2D eigenvalue weighted by Gasteiger charge is -2.26. The van der Waals surface area contributed by atoms with Gasteiger partial charge in [-0.25, -0.2) is 0 Å². The second-order valence-corrected chi connectivity index (χ2v) is 4.82. The fourth-order valence-corrected chi connectivity index (χ4v) is 1.47. The summed E-state index contributed by atoms with van der Waals surface area (Å²) in [7, 11) is 1.74. The van der Waals surface area contributed by atoms with Gasteiger partial charge in [-0.15, -0.1) is 0 Å². The molecule has 0 fully saturated rings. The van der Waals surface area contributed by atoms with E-state index in [0.717, 1.165) is 13.2 Å². The minimum absolute atomic E-state index is 0.417. The van der Waals surface area contributed by atoms with Crippen LogP contribution in [0.1, 0.15) is 40.5 Å². The summed E-state index contributed by atoms with van der Waals surface area (Å²) in [5.74, 6) is 0. The van der Waals surface area contributed by atoms with Gasteiger partial charge in [0.25, 0.3) is 0 Å². The zero-order valence-corrected chi connectivity index (χ0v) is 9.81. The predicted molar refractivity (Wildman–Crippen MR) is 58.0 cm³/mol. The highest BCUT2D eigenvalue weighted by Crippen LogP contribution is 2.21. The van der Waals surface area contributed by atoms with Gasteiger partial charge in [0, 0.05) is 19.7 Å². The second-order valence-electron chi connectivity index (χ2n) is 4.82. The molecule has 0 spiro atoms. The Kier molecular flexibility index (Phi) is 6.35. The van der Waals surface area contributed by atoms with Crippen LogP contribution in [0.15, 0.2) is 0 Å². The maximum Gasteiger partial charge on any atom is 0.0587 e. The summed E-state index contributed by atoms with van der Waals surface area (Å²) in [5.41, 5.74) is 0.417. The van der Waals surface area contributed by atoms with Crippen molar-refractivity contribution in [1.29, 1.82) is 0 Å². The summed E-state index contributed by atoms with van der Waals surface area (Å²) >= 11 is 0. The Labute approximate surface area is 83.1 Å². The Morgan fingerprint density at radius 2 is 1.92 bits per heavy atom. The molecule has 0 saturated heterocycles. The van der Waals surface area contributed by atoms with Crippen molar-refractivity contribution in [3.8, 4) is 0 Å². The lowest BCUT2D eigenvalue weighted by atomic mass is 9.87. The fourth-order valence-electron chi connectivity index (χ4n) is 1.47. The molecule has 0 aromatic rings. The smallest absolute Gasteiger partial charge is 0.0587 e. The van der Waals surface area contributed by atoms with Crippen LogP contribution < -0.4 is 5.32 Å². The zero-order valence-electron chi connectivity index (χ0n) is 9.81. The highest BCUT2D eigenvalue weighted by molar-refractivity contribution is 4.73. The molecule has 80 valence electrons. The van der Waals surface area contributed by atoms with E-state index in [2.05, 4.69) is 33.0 Å². The van der Waals surface area contributed by atoms with Gasteiger partial charge in [-0.05, 0) is 18.3 Å². The average Bonchev–Trinajstić information content (AvgIpc) is 2.01. The molecule has 13 heavy (non-hydrogen) atoms. The average molecular weight is 187 g/mol. The van der Waals surface area contributed by atoms with E-state index in [1.165, 1.54) is 12.8 Å². The van der Waals surface area contributed by atoms with E-state index in [0.29, 0.717) is 11.5 Å². The molecule has 2 nitrogen and oxygen atoms in total. The number of rotatable bonds is 6. The second kappa shape index (κ2) is 6.39. The molecule has 0 aliphatic rings. The van der Waals surface area contributed by atoms with Crippen molar-refractivity contribution in [2.75, 3.05) is 20.3 Å². The number of methoxy groups -OCH3 is 1. The molecular weight excluding hydrogens is 162 g/mol. The quantitative estimate of drug-likeness (QED) is 0.645. The van der Waals surface area contributed by atoms with Gasteiger partial charge in [0.1, 0.15) is 0 Å². The lowest BCUT2D eigenvalue weighted by molar-refractivity contribution is 0.190. The Bertz CT molecular complexity index is 118. The third-order valence-electron chi connectivity index (χ3n) is 2.09. The van der Waals surface area contributed by atoms with Crippen LogP contribution in [-0.2, 0) is 4.74 Å². The largest absolute Gasteiger partial charge is 0.383 e. The normalized spacial score (nSPS) is 14.5. The highest BCUT2D eigenvalue weighted by Gasteiger charge is 2.16. The summed E-state index contributed by atoms with van der Waals surface area (Å²) < 4.78 is 5.00. The van der Waals surface area contributed by atoms with Crippen LogP contribution in [0.4, 0.5) is 0 Å².